The van der Waals surface area contributed by atoms with Gasteiger partial charge in [-0.15, -0.1) is 24.0 Å². The predicted molar refractivity (Wildman–Crippen MR) is 152 cm³/mol. The van der Waals surface area contributed by atoms with Crippen LogP contribution in [0.1, 0.15) is 42.0 Å². The highest BCUT2D eigenvalue weighted by molar-refractivity contribution is 14.0. The molecule has 0 amide bonds. The number of aliphatic hydroxyl groups is 1. The van der Waals surface area contributed by atoms with Crippen LogP contribution in [0, 0.1) is 0 Å². The fourth-order valence-electron chi connectivity index (χ4n) is 4.60. The SMILES string of the molecule is CCc1cccc2c(CCNC(=NC)NCc3ccc(CN4CCC(O)CC4)cc3)c[nH]c12.I. The molecule has 0 saturated carbocycles. The molecule has 7 heteroatoms. The lowest BCUT2D eigenvalue weighted by Gasteiger charge is -2.29. The van der Waals surface area contributed by atoms with Crippen molar-refractivity contribution >= 4 is 40.8 Å². The Kier molecular flexibility index (Phi) is 10.2. The molecule has 4 rings (SSSR count). The first-order valence-corrected chi connectivity index (χ1v) is 12.2. The van der Waals surface area contributed by atoms with Crippen LogP contribution in [0.3, 0.4) is 0 Å². The van der Waals surface area contributed by atoms with Crippen molar-refractivity contribution < 1.29 is 5.11 Å². The molecular weight excluding hydrogens is 537 g/mol. The quantitative estimate of drug-likeness (QED) is 0.185. The number of hydrogen-bond acceptors (Lipinski definition) is 3. The van der Waals surface area contributed by atoms with E-state index in [0.717, 1.165) is 64.4 Å². The molecular formula is C27H38IN5O. The van der Waals surface area contributed by atoms with Crippen molar-refractivity contribution in [2.45, 2.75) is 51.8 Å². The monoisotopic (exact) mass is 575 g/mol. The predicted octanol–water partition coefficient (Wildman–Crippen LogP) is 4.21. The van der Waals surface area contributed by atoms with Gasteiger partial charge in [-0.25, -0.2) is 0 Å². The Hall–Kier alpha value is -2.10. The van der Waals surface area contributed by atoms with E-state index in [1.807, 2.05) is 7.05 Å². The number of rotatable bonds is 8. The van der Waals surface area contributed by atoms with Gasteiger partial charge in [-0.2, -0.15) is 0 Å². The van der Waals surface area contributed by atoms with Gasteiger partial charge in [0.05, 0.1) is 6.10 Å². The summed E-state index contributed by atoms with van der Waals surface area (Å²) in [6.07, 6.45) is 5.76. The first kappa shape index (κ1) is 26.5. The second kappa shape index (κ2) is 13.1. The summed E-state index contributed by atoms with van der Waals surface area (Å²) in [6, 6.07) is 15.3. The van der Waals surface area contributed by atoms with Crippen LogP contribution in [0.2, 0.25) is 0 Å². The zero-order valence-electron chi connectivity index (χ0n) is 20.3. The van der Waals surface area contributed by atoms with E-state index < -0.39 is 0 Å². The Bertz CT molecular complexity index is 1050. The van der Waals surface area contributed by atoms with Crippen molar-refractivity contribution in [2.24, 2.45) is 4.99 Å². The molecule has 34 heavy (non-hydrogen) atoms. The highest BCUT2D eigenvalue weighted by Crippen LogP contribution is 2.22. The summed E-state index contributed by atoms with van der Waals surface area (Å²) in [6.45, 7) is 6.67. The highest BCUT2D eigenvalue weighted by Gasteiger charge is 2.16. The van der Waals surface area contributed by atoms with Crippen LogP contribution >= 0.6 is 24.0 Å². The third-order valence-corrected chi connectivity index (χ3v) is 6.62. The number of guanidine groups is 1. The fourth-order valence-corrected chi connectivity index (χ4v) is 4.60. The molecule has 1 aliphatic rings. The molecule has 6 nitrogen and oxygen atoms in total. The Morgan fingerprint density at radius 3 is 2.50 bits per heavy atom. The second-order valence-corrected chi connectivity index (χ2v) is 8.93. The van der Waals surface area contributed by atoms with Gasteiger partial charge in [-0.05, 0) is 47.9 Å². The Morgan fingerprint density at radius 2 is 1.79 bits per heavy atom. The maximum Gasteiger partial charge on any atom is 0.191 e. The number of fused-ring (bicyclic) bond motifs is 1. The number of aromatic nitrogens is 1. The number of nitrogens with zero attached hydrogens (tertiary/aromatic N) is 2. The van der Waals surface area contributed by atoms with E-state index >= 15 is 0 Å². The van der Waals surface area contributed by atoms with Gasteiger partial charge < -0.3 is 20.7 Å². The Labute approximate surface area is 220 Å². The second-order valence-electron chi connectivity index (χ2n) is 8.93. The number of aryl methyl sites for hydroxylation is 1. The van der Waals surface area contributed by atoms with Gasteiger partial charge in [0, 0.05) is 56.9 Å². The summed E-state index contributed by atoms with van der Waals surface area (Å²) in [7, 11) is 1.81. The number of para-hydroxylation sites is 1. The average Bonchev–Trinajstić information content (AvgIpc) is 3.27. The molecule has 1 fully saturated rings. The lowest BCUT2D eigenvalue weighted by molar-refractivity contribution is 0.0792. The number of aliphatic hydroxyl groups excluding tert-OH is 1. The van der Waals surface area contributed by atoms with E-state index in [-0.39, 0.29) is 30.1 Å². The molecule has 3 aromatic rings. The molecule has 1 aromatic heterocycles. The van der Waals surface area contributed by atoms with E-state index in [2.05, 4.69) is 81.1 Å². The van der Waals surface area contributed by atoms with Gasteiger partial charge in [-0.1, -0.05) is 49.4 Å². The average molecular weight is 576 g/mol. The lowest BCUT2D eigenvalue weighted by atomic mass is 10.1. The lowest BCUT2D eigenvalue weighted by Crippen LogP contribution is -2.37. The zero-order valence-corrected chi connectivity index (χ0v) is 22.6. The van der Waals surface area contributed by atoms with Crippen LogP contribution in [-0.4, -0.2) is 53.7 Å². The summed E-state index contributed by atoms with van der Waals surface area (Å²) in [5, 5.41) is 17.8. The number of piperidine rings is 1. The first-order valence-electron chi connectivity index (χ1n) is 12.2. The normalized spacial score (nSPS) is 15.3. The Balaban J connectivity index is 0.00000324. The molecule has 0 bridgehead atoms. The number of aliphatic imine (C=N–C) groups is 1. The molecule has 1 aliphatic heterocycles. The summed E-state index contributed by atoms with van der Waals surface area (Å²) < 4.78 is 0. The molecule has 1 saturated heterocycles. The van der Waals surface area contributed by atoms with Gasteiger partial charge in [0.2, 0.25) is 0 Å². The number of hydrogen-bond donors (Lipinski definition) is 4. The van der Waals surface area contributed by atoms with Gasteiger partial charge in [0.15, 0.2) is 5.96 Å². The van der Waals surface area contributed by atoms with Gasteiger partial charge in [0.1, 0.15) is 0 Å². The molecule has 2 aromatic carbocycles. The van der Waals surface area contributed by atoms with Crippen molar-refractivity contribution in [3.63, 3.8) is 0 Å². The van der Waals surface area contributed by atoms with Crippen LogP contribution in [0.15, 0.2) is 53.7 Å². The Morgan fingerprint density at radius 1 is 1.06 bits per heavy atom. The molecule has 2 heterocycles. The van der Waals surface area contributed by atoms with E-state index in [1.54, 1.807) is 0 Å². The minimum Gasteiger partial charge on any atom is -0.393 e. The van der Waals surface area contributed by atoms with Crippen molar-refractivity contribution in [2.75, 3.05) is 26.7 Å². The van der Waals surface area contributed by atoms with E-state index in [9.17, 15) is 5.11 Å². The number of likely N-dealkylation sites (tertiary alicyclic amines) is 1. The largest absolute Gasteiger partial charge is 0.393 e. The van der Waals surface area contributed by atoms with Crippen LogP contribution in [-0.2, 0) is 25.9 Å². The maximum atomic E-state index is 9.67. The number of nitrogens with one attached hydrogen (secondary N) is 3. The van der Waals surface area contributed by atoms with E-state index in [1.165, 1.54) is 33.2 Å². The maximum absolute atomic E-state index is 9.67. The molecule has 0 unspecified atom stereocenters. The minimum absolute atomic E-state index is 0. The molecule has 0 spiro atoms. The number of aromatic amines is 1. The molecule has 4 N–H and O–H groups in total. The molecule has 0 atom stereocenters. The van der Waals surface area contributed by atoms with E-state index in [4.69, 9.17) is 0 Å². The summed E-state index contributed by atoms with van der Waals surface area (Å²) in [5.74, 6) is 0.819. The van der Waals surface area contributed by atoms with Crippen LogP contribution in [0.25, 0.3) is 10.9 Å². The summed E-state index contributed by atoms with van der Waals surface area (Å²) in [4.78, 5) is 10.2. The molecule has 0 aliphatic carbocycles. The zero-order chi connectivity index (χ0) is 23.0. The van der Waals surface area contributed by atoms with Crippen molar-refractivity contribution in [1.82, 2.24) is 20.5 Å². The standard InChI is InChI=1S/C27H37N5O.HI/c1-3-22-5-4-6-25-23(18-30-26(22)25)11-14-29-27(28-2)31-17-20-7-9-21(10-8-20)19-32-15-12-24(33)13-16-32;/h4-10,18,24,30,33H,3,11-17,19H2,1-2H3,(H2,28,29,31);1H. The number of H-pyrrole nitrogens is 1. The molecule has 0 radical (unpaired) electrons. The third-order valence-electron chi connectivity index (χ3n) is 6.62. The number of benzene rings is 2. The molecule has 184 valence electrons. The van der Waals surface area contributed by atoms with Crippen LogP contribution in [0.4, 0.5) is 0 Å². The minimum atomic E-state index is -0.117. The van der Waals surface area contributed by atoms with Gasteiger partial charge >= 0.3 is 0 Å². The summed E-state index contributed by atoms with van der Waals surface area (Å²) >= 11 is 0. The first-order chi connectivity index (χ1) is 16.2. The van der Waals surface area contributed by atoms with Crippen LogP contribution in [0.5, 0.6) is 0 Å². The third kappa shape index (κ3) is 6.96. The van der Waals surface area contributed by atoms with Gasteiger partial charge in [0.25, 0.3) is 0 Å². The van der Waals surface area contributed by atoms with Crippen LogP contribution < -0.4 is 10.6 Å². The van der Waals surface area contributed by atoms with Crippen molar-refractivity contribution in [3.05, 3.63) is 70.9 Å². The van der Waals surface area contributed by atoms with Crippen molar-refractivity contribution in [1.29, 1.82) is 0 Å². The van der Waals surface area contributed by atoms with Crippen molar-refractivity contribution in [3.8, 4) is 0 Å². The topological polar surface area (TPSA) is 75.7 Å². The number of halogens is 1. The smallest absolute Gasteiger partial charge is 0.191 e. The summed E-state index contributed by atoms with van der Waals surface area (Å²) in [5.41, 5.74) is 6.52. The van der Waals surface area contributed by atoms with Gasteiger partial charge in [-0.3, -0.25) is 9.89 Å². The van der Waals surface area contributed by atoms with E-state index in [0.29, 0.717) is 0 Å². The fraction of sp³-hybridized carbons (Fsp3) is 0.444. The highest BCUT2D eigenvalue weighted by atomic mass is 127.